The van der Waals surface area contributed by atoms with Gasteiger partial charge in [0.25, 0.3) is 0 Å². The first kappa shape index (κ1) is 20.3. The second-order valence-corrected chi connectivity index (χ2v) is 8.57. The fraction of sp³-hybridized carbons (Fsp3) is 0.450. The molecule has 0 spiro atoms. The van der Waals surface area contributed by atoms with Crippen LogP contribution in [0.5, 0.6) is 0 Å². The van der Waals surface area contributed by atoms with E-state index in [0.29, 0.717) is 17.4 Å². The smallest absolute Gasteiger partial charge is 0.241 e. The molecule has 1 saturated heterocycles. The van der Waals surface area contributed by atoms with Crippen molar-refractivity contribution in [1.82, 2.24) is 15.1 Å². The molecule has 4 rings (SSSR count). The summed E-state index contributed by atoms with van der Waals surface area (Å²) >= 11 is 7.92. The molecule has 3 heterocycles. The normalized spacial score (nSPS) is 17.9. The number of rotatable bonds is 7. The molecule has 1 atom stereocenters. The molecule has 1 aromatic heterocycles. The Morgan fingerprint density at radius 3 is 2.93 bits per heavy atom. The van der Waals surface area contributed by atoms with E-state index in [1.807, 2.05) is 18.2 Å². The number of anilines is 1. The van der Waals surface area contributed by atoms with Gasteiger partial charge in [-0.05, 0) is 24.5 Å². The van der Waals surface area contributed by atoms with E-state index in [0.717, 1.165) is 47.8 Å². The number of hydrogen-bond acceptors (Lipinski definition) is 5. The van der Waals surface area contributed by atoms with Gasteiger partial charge >= 0.3 is 0 Å². The Bertz CT molecular complexity index is 911. The van der Waals surface area contributed by atoms with E-state index in [-0.39, 0.29) is 30.9 Å². The molecule has 154 valence electrons. The summed E-state index contributed by atoms with van der Waals surface area (Å²) in [5.41, 5.74) is 2.68. The molecule has 29 heavy (non-hydrogen) atoms. The van der Waals surface area contributed by atoms with Crippen molar-refractivity contribution in [1.29, 1.82) is 0 Å². The highest BCUT2D eigenvalue weighted by molar-refractivity contribution is 7.98. The molecule has 2 aromatic rings. The molecule has 0 bridgehead atoms. The minimum absolute atomic E-state index is 0.0616. The van der Waals surface area contributed by atoms with Crippen LogP contribution >= 0.6 is 23.4 Å². The molecular weight excluding hydrogens is 412 g/mol. The van der Waals surface area contributed by atoms with Crippen molar-refractivity contribution in [3.63, 3.8) is 0 Å². The molecule has 1 fully saturated rings. The fourth-order valence-electron chi connectivity index (χ4n) is 3.54. The van der Waals surface area contributed by atoms with Crippen LogP contribution in [-0.4, -0.2) is 40.9 Å². The van der Waals surface area contributed by atoms with E-state index >= 15 is 0 Å². The lowest BCUT2D eigenvalue weighted by molar-refractivity contribution is -0.122. The summed E-state index contributed by atoms with van der Waals surface area (Å²) in [5.74, 6) is 1.84. The Morgan fingerprint density at radius 2 is 2.14 bits per heavy atom. The van der Waals surface area contributed by atoms with Crippen molar-refractivity contribution in [3.05, 3.63) is 46.1 Å². The Kier molecular flexibility index (Phi) is 6.42. The third-order valence-electron chi connectivity index (χ3n) is 5.03. The van der Waals surface area contributed by atoms with Crippen molar-refractivity contribution in [3.8, 4) is 0 Å². The Balaban J connectivity index is 1.42. The number of thioether (sulfide) groups is 1. The maximum absolute atomic E-state index is 12.6. The van der Waals surface area contributed by atoms with Crippen molar-refractivity contribution >= 4 is 41.0 Å². The number of nitrogens with zero attached hydrogens (tertiary/aromatic N) is 2. The molecule has 9 heteroatoms. The fourth-order valence-corrected chi connectivity index (χ4v) is 4.77. The first-order valence-corrected chi connectivity index (χ1v) is 11.2. The summed E-state index contributed by atoms with van der Waals surface area (Å²) in [6, 6.07) is 7.28. The average molecular weight is 435 g/mol. The number of carbonyl (C=O) groups excluding carboxylic acids is 2. The predicted molar refractivity (Wildman–Crippen MR) is 113 cm³/mol. The van der Waals surface area contributed by atoms with Crippen LogP contribution in [0.15, 0.2) is 24.3 Å². The van der Waals surface area contributed by atoms with Gasteiger partial charge in [0.15, 0.2) is 0 Å². The molecule has 0 saturated carbocycles. The molecule has 2 aliphatic rings. The highest BCUT2D eigenvalue weighted by atomic mass is 35.5. The third kappa shape index (κ3) is 4.94. The van der Waals surface area contributed by atoms with Gasteiger partial charge in [-0.15, -0.1) is 0 Å². The number of fused-ring (bicyclic) bond motifs is 1. The Morgan fingerprint density at radius 1 is 1.28 bits per heavy atom. The molecule has 2 amide bonds. The van der Waals surface area contributed by atoms with E-state index < -0.39 is 0 Å². The van der Waals surface area contributed by atoms with Crippen molar-refractivity contribution in [2.45, 2.75) is 43.4 Å². The molecular formula is C20H23ClN4O3S. The number of amides is 2. The maximum atomic E-state index is 12.6. The zero-order valence-corrected chi connectivity index (χ0v) is 17.5. The Labute approximate surface area is 178 Å². The van der Waals surface area contributed by atoms with Crippen LogP contribution in [0.25, 0.3) is 0 Å². The van der Waals surface area contributed by atoms with Crippen LogP contribution < -0.4 is 10.6 Å². The van der Waals surface area contributed by atoms with E-state index in [1.165, 1.54) is 0 Å². The third-order valence-corrected chi connectivity index (χ3v) is 6.37. The van der Waals surface area contributed by atoms with Crippen molar-refractivity contribution in [2.75, 3.05) is 18.5 Å². The summed E-state index contributed by atoms with van der Waals surface area (Å²) in [7, 11) is 0. The number of hydrogen-bond donors (Lipinski definition) is 2. The quantitative estimate of drug-likeness (QED) is 0.699. The highest BCUT2D eigenvalue weighted by Crippen LogP contribution is 2.34. The van der Waals surface area contributed by atoms with Crippen LogP contribution in [0.4, 0.5) is 5.82 Å². The minimum atomic E-state index is -0.182. The number of aromatic nitrogens is 2. The number of benzene rings is 1. The van der Waals surface area contributed by atoms with Gasteiger partial charge in [-0.2, -0.15) is 16.9 Å². The van der Waals surface area contributed by atoms with E-state index in [2.05, 4.69) is 15.7 Å². The summed E-state index contributed by atoms with van der Waals surface area (Å²) in [4.78, 5) is 25.0. The molecule has 2 aliphatic heterocycles. The van der Waals surface area contributed by atoms with Crippen LogP contribution in [0, 0.1) is 0 Å². The maximum Gasteiger partial charge on any atom is 0.241 e. The van der Waals surface area contributed by atoms with E-state index in [1.54, 1.807) is 22.5 Å². The standard InChI is InChI=1S/C20H23ClN4O3S/c21-16-6-2-1-4-13(16)8-18(26)23-20-15-11-29-12-17(15)24-25(20)10-19(27)22-9-14-5-3-7-28-14/h1-2,4,6,14H,3,5,7-12H2,(H,22,27)(H,23,26)/t14-/m1/s1. The molecule has 2 N–H and O–H groups in total. The van der Waals surface area contributed by atoms with Gasteiger partial charge in [-0.3, -0.25) is 9.59 Å². The largest absolute Gasteiger partial charge is 0.376 e. The zero-order valence-electron chi connectivity index (χ0n) is 15.9. The summed E-state index contributed by atoms with van der Waals surface area (Å²) in [6.07, 6.45) is 2.26. The van der Waals surface area contributed by atoms with Crippen LogP contribution in [0.2, 0.25) is 5.02 Å². The predicted octanol–water partition coefficient (Wildman–Crippen LogP) is 2.76. The van der Waals surface area contributed by atoms with Gasteiger partial charge in [0, 0.05) is 35.2 Å². The summed E-state index contributed by atoms with van der Waals surface area (Å²) in [5, 5.41) is 11.0. The van der Waals surface area contributed by atoms with E-state index in [9.17, 15) is 9.59 Å². The number of carbonyl (C=O) groups is 2. The molecule has 0 aliphatic carbocycles. The molecule has 7 nitrogen and oxygen atoms in total. The lowest BCUT2D eigenvalue weighted by Gasteiger charge is -2.13. The van der Waals surface area contributed by atoms with Gasteiger partial charge < -0.3 is 15.4 Å². The monoisotopic (exact) mass is 434 g/mol. The molecule has 1 aromatic carbocycles. The lowest BCUT2D eigenvalue weighted by atomic mass is 10.1. The van der Waals surface area contributed by atoms with Crippen molar-refractivity contribution < 1.29 is 14.3 Å². The average Bonchev–Trinajstić information content (AvgIpc) is 3.42. The van der Waals surface area contributed by atoms with E-state index in [4.69, 9.17) is 16.3 Å². The minimum Gasteiger partial charge on any atom is -0.376 e. The number of nitrogens with one attached hydrogen (secondary N) is 2. The SMILES string of the molecule is O=C(Cn1nc2c(c1NC(=O)Cc1ccccc1Cl)CSC2)NC[C@H]1CCCO1. The number of halogens is 1. The van der Waals surface area contributed by atoms with Gasteiger partial charge in [-0.1, -0.05) is 29.8 Å². The molecule has 0 radical (unpaired) electrons. The van der Waals surface area contributed by atoms with Gasteiger partial charge in [0.05, 0.1) is 18.2 Å². The highest BCUT2D eigenvalue weighted by Gasteiger charge is 2.25. The van der Waals surface area contributed by atoms with Gasteiger partial charge in [-0.25, -0.2) is 4.68 Å². The lowest BCUT2D eigenvalue weighted by Crippen LogP contribution is -2.34. The first-order valence-electron chi connectivity index (χ1n) is 9.68. The second kappa shape index (κ2) is 9.19. The zero-order chi connectivity index (χ0) is 20.2. The van der Waals surface area contributed by atoms with Crippen LogP contribution in [-0.2, 0) is 38.8 Å². The topological polar surface area (TPSA) is 85.2 Å². The van der Waals surface area contributed by atoms with Crippen molar-refractivity contribution in [2.24, 2.45) is 0 Å². The van der Waals surface area contributed by atoms with Gasteiger partial charge in [0.1, 0.15) is 12.4 Å². The number of ether oxygens (including phenoxy) is 1. The van der Waals surface area contributed by atoms with Crippen LogP contribution in [0.3, 0.4) is 0 Å². The second-order valence-electron chi connectivity index (χ2n) is 7.18. The molecule has 0 unspecified atom stereocenters. The summed E-state index contributed by atoms with van der Waals surface area (Å²) < 4.78 is 7.14. The summed E-state index contributed by atoms with van der Waals surface area (Å²) in [6.45, 7) is 1.32. The Hall–Kier alpha value is -2.03. The van der Waals surface area contributed by atoms with Gasteiger partial charge in [0.2, 0.25) is 11.8 Å². The van der Waals surface area contributed by atoms with Crippen LogP contribution in [0.1, 0.15) is 29.7 Å². The first-order chi connectivity index (χ1) is 14.1.